The van der Waals surface area contributed by atoms with E-state index in [4.69, 9.17) is 10.5 Å². The van der Waals surface area contributed by atoms with Crippen molar-refractivity contribution in [2.45, 2.75) is 12.8 Å². The number of allylic oxidation sites excluding steroid dienone is 1. The Morgan fingerprint density at radius 3 is 2.42 bits per heavy atom. The summed E-state index contributed by atoms with van der Waals surface area (Å²) in [7, 11) is 0. The summed E-state index contributed by atoms with van der Waals surface area (Å²) >= 11 is 0. The highest BCUT2D eigenvalue weighted by atomic mass is 19.1. The predicted octanol–water partition coefficient (Wildman–Crippen LogP) is 4.13. The minimum atomic E-state index is -0.567. The standard InChI is InChI=1S/C23H17FN6O/c1-12-2-4-14(5-3-12)21-19-18(16(10-25)22(26)31-23(19)30-29-21)17-11-27-28-20(17)13-6-8-15(24)9-7-13/h2-9,11,18H,26H2,1H3,(H,27,28)(H,29,30). The largest absolute Gasteiger partial charge is 0.420 e. The van der Waals surface area contributed by atoms with E-state index in [-0.39, 0.29) is 17.3 Å². The summed E-state index contributed by atoms with van der Waals surface area (Å²) in [4.78, 5) is 0. The lowest BCUT2D eigenvalue weighted by molar-refractivity contribution is 0.379. The van der Waals surface area contributed by atoms with Crippen LogP contribution >= 0.6 is 0 Å². The zero-order valence-electron chi connectivity index (χ0n) is 16.5. The normalized spacial score (nSPS) is 15.3. The first-order valence-electron chi connectivity index (χ1n) is 9.59. The number of rotatable bonds is 3. The van der Waals surface area contributed by atoms with E-state index in [1.165, 1.54) is 12.1 Å². The third kappa shape index (κ3) is 3.04. The van der Waals surface area contributed by atoms with Crippen LogP contribution in [0.3, 0.4) is 0 Å². The molecule has 4 N–H and O–H groups in total. The number of ether oxygens (including phenoxy) is 1. The first-order chi connectivity index (χ1) is 15.1. The lowest BCUT2D eigenvalue weighted by atomic mass is 9.82. The van der Waals surface area contributed by atoms with Crippen molar-refractivity contribution in [1.29, 1.82) is 5.26 Å². The third-order valence-electron chi connectivity index (χ3n) is 5.39. The Bertz CT molecular complexity index is 1340. The van der Waals surface area contributed by atoms with E-state index in [2.05, 4.69) is 26.5 Å². The molecule has 0 saturated heterocycles. The van der Waals surface area contributed by atoms with Gasteiger partial charge in [-0.2, -0.15) is 10.4 Å². The smallest absolute Gasteiger partial charge is 0.244 e. The average Bonchev–Trinajstić information content (AvgIpc) is 3.41. The van der Waals surface area contributed by atoms with Crippen molar-refractivity contribution in [3.8, 4) is 34.5 Å². The van der Waals surface area contributed by atoms with Gasteiger partial charge in [0.2, 0.25) is 11.8 Å². The molecule has 0 spiro atoms. The Labute approximate surface area is 177 Å². The van der Waals surface area contributed by atoms with Crippen molar-refractivity contribution in [2.24, 2.45) is 5.73 Å². The molecule has 1 aliphatic rings. The second-order valence-electron chi connectivity index (χ2n) is 7.32. The number of benzene rings is 2. The number of nitrogens with zero attached hydrogens (tertiary/aromatic N) is 3. The van der Waals surface area contributed by atoms with E-state index < -0.39 is 5.92 Å². The minimum Gasteiger partial charge on any atom is -0.420 e. The van der Waals surface area contributed by atoms with Crippen LogP contribution in [0.5, 0.6) is 5.88 Å². The fourth-order valence-corrected chi connectivity index (χ4v) is 3.86. The molecule has 1 atom stereocenters. The van der Waals surface area contributed by atoms with Crippen LogP contribution < -0.4 is 10.5 Å². The number of halogens is 1. The maximum absolute atomic E-state index is 13.5. The van der Waals surface area contributed by atoms with Gasteiger partial charge in [-0.15, -0.1) is 5.10 Å². The third-order valence-corrected chi connectivity index (χ3v) is 5.39. The second kappa shape index (κ2) is 7.15. The van der Waals surface area contributed by atoms with Gasteiger partial charge in [-0.25, -0.2) is 4.39 Å². The molecule has 4 aromatic rings. The van der Waals surface area contributed by atoms with Crippen molar-refractivity contribution >= 4 is 0 Å². The van der Waals surface area contributed by atoms with Gasteiger partial charge in [0.25, 0.3) is 0 Å². The molecule has 3 heterocycles. The van der Waals surface area contributed by atoms with Crippen molar-refractivity contribution in [3.63, 3.8) is 0 Å². The van der Waals surface area contributed by atoms with Gasteiger partial charge in [-0.05, 0) is 31.2 Å². The molecule has 2 aromatic heterocycles. The molecule has 0 radical (unpaired) electrons. The lowest BCUT2D eigenvalue weighted by Gasteiger charge is -2.24. The molecule has 31 heavy (non-hydrogen) atoms. The Balaban J connectivity index is 1.72. The summed E-state index contributed by atoms with van der Waals surface area (Å²) < 4.78 is 19.1. The number of nitrogens with one attached hydrogen (secondary N) is 2. The molecule has 0 fully saturated rings. The van der Waals surface area contributed by atoms with Crippen LogP contribution in [-0.2, 0) is 0 Å². The van der Waals surface area contributed by atoms with E-state index in [0.717, 1.165) is 22.4 Å². The quantitative estimate of drug-likeness (QED) is 0.468. The first-order valence-corrected chi connectivity index (χ1v) is 9.59. The van der Waals surface area contributed by atoms with Crippen LogP contribution in [0, 0.1) is 24.1 Å². The molecule has 0 amide bonds. The number of hydrogen-bond donors (Lipinski definition) is 3. The van der Waals surface area contributed by atoms with Crippen LogP contribution in [0.15, 0.2) is 66.2 Å². The second-order valence-corrected chi connectivity index (χ2v) is 7.32. The van der Waals surface area contributed by atoms with Gasteiger partial charge >= 0.3 is 0 Å². The van der Waals surface area contributed by atoms with Crippen LogP contribution in [0.25, 0.3) is 22.5 Å². The Kier molecular flexibility index (Phi) is 4.30. The van der Waals surface area contributed by atoms with E-state index in [1.807, 2.05) is 31.2 Å². The van der Waals surface area contributed by atoms with Gasteiger partial charge in [0.05, 0.1) is 29.1 Å². The molecule has 0 bridgehead atoms. The van der Waals surface area contributed by atoms with Gasteiger partial charge in [0.1, 0.15) is 17.5 Å². The molecule has 0 aliphatic carbocycles. The average molecular weight is 412 g/mol. The molecule has 5 rings (SSSR count). The highest BCUT2D eigenvalue weighted by Crippen LogP contribution is 2.47. The maximum Gasteiger partial charge on any atom is 0.244 e. The predicted molar refractivity (Wildman–Crippen MR) is 112 cm³/mol. The topological polar surface area (TPSA) is 116 Å². The number of aromatic nitrogens is 4. The van der Waals surface area contributed by atoms with Gasteiger partial charge in [0.15, 0.2) is 0 Å². The zero-order valence-corrected chi connectivity index (χ0v) is 16.5. The molecule has 1 unspecified atom stereocenters. The molecular weight excluding hydrogens is 395 g/mol. The summed E-state index contributed by atoms with van der Waals surface area (Å²) in [5, 5.41) is 24.4. The van der Waals surface area contributed by atoms with E-state index >= 15 is 0 Å². The molecule has 8 heteroatoms. The summed E-state index contributed by atoms with van der Waals surface area (Å²) in [6, 6.07) is 16.2. The molecule has 7 nitrogen and oxygen atoms in total. The number of nitrogens with two attached hydrogens (primary N) is 1. The summed E-state index contributed by atoms with van der Waals surface area (Å²) in [6.07, 6.45) is 1.65. The number of aryl methyl sites for hydroxylation is 1. The molecule has 0 saturated carbocycles. The SMILES string of the molecule is Cc1ccc(-c2[nH]nc3c2C(c2cn[nH]c2-c2ccc(F)cc2)C(C#N)=C(N)O3)cc1. The first kappa shape index (κ1) is 18.6. The fraction of sp³-hybridized carbons (Fsp3) is 0.0870. The Morgan fingerprint density at radius 2 is 1.71 bits per heavy atom. The number of hydrogen-bond acceptors (Lipinski definition) is 5. The van der Waals surface area contributed by atoms with E-state index in [9.17, 15) is 9.65 Å². The number of H-pyrrole nitrogens is 2. The molecule has 1 aliphatic heterocycles. The van der Waals surface area contributed by atoms with Gasteiger partial charge < -0.3 is 10.5 Å². The number of fused-ring (bicyclic) bond motifs is 1. The van der Waals surface area contributed by atoms with E-state index in [0.29, 0.717) is 22.7 Å². The van der Waals surface area contributed by atoms with Crippen LogP contribution in [0.2, 0.25) is 0 Å². The number of nitriles is 1. The van der Waals surface area contributed by atoms with Crippen molar-refractivity contribution < 1.29 is 9.13 Å². The van der Waals surface area contributed by atoms with Crippen molar-refractivity contribution in [1.82, 2.24) is 20.4 Å². The van der Waals surface area contributed by atoms with E-state index in [1.54, 1.807) is 18.3 Å². The monoisotopic (exact) mass is 412 g/mol. The Hall–Kier alpha value is -4.38. The summed E-state index contributed by atoms with van der Waals surface area (Å²) in [5.74, 6) is -0.601. The molecular formula is C23H17FN6O. The summed E-state index contributed by atoms with van der Waals surface area (Å²) in [5.41, 5.74) is 11.9. The molecule has 2 aromatic carbocycles. The zero-order chi connectivity index (χ0) is 21.5. The van der Waals surface area contributed by atoms with Crippen molar-refractivity contribution in [2.75, 3.05) is 0 Å². The maximum atomic E-state index is 13.5. The van der Waals surface area contributed by atoms with Gasteiger partial charge in [-0.3, -0.25) is 10.2 Å². The summed E-state index contributed by atoms with van der Waals surface area (Å²) in [6.45, 7) is 2.01. The Morgan fingerprint density at radius 1 is 1.03 bits per heavy atom. The van der Waals surface area contributed by atoms with Crippen LogP contribution in [0.1, 0.15) is 22.6 Å². The highest BCUT2D eigenvalue weighted by molar-refractivity contribution is 5.74. The fourth-order valence-electron chi connectivity index (χ4n) is 3.86. The van der Waals surface area contributed by atoms with Crippen molar-refractivity contribution in [3.05, 3.63) is 88.7 Å². The highest BCUT2D eigenvalue weighted by Gasteiger charge is 2.37. The van der Waals surface area contributed by atoms with Crippen LogP contribution in [-0.4, -0.2) is 20.4 Å². The van der Waals surface area contributed by atoms with Crippen LogP contribution in [0.4, 0.5) is 4.39 Å². The molecule has 152 valence electrons. The van der Waals surface area contributed by atoms with Gasteiger partial charge in [-0.1, -0.05) is 29.8 Å². The lowest BCUT2D eigenvalue weighted by Crippen LogP contribution is -2.21. The van der Waals surface area contributed by atoms with Gasteiger partial charge in [0, 0.05) is 16.7 Å². The minimum absolute atomic E-state index is 0.00628. The number of aromatic amines is 2.